The van der Waals surface area contributed by atoms with E-state index in [4.69, 9.17) is 4.74 Å². The molecule has 0 spiro atoms. The van der Waals surface area contributed by atoms with Crippen molar-refractivity contribution < 1.29 is 23.9 Å². The van der Waals surface area contributed by atoms with Gasteiger partial charge in [-0.15, -0.1) is 0 Å². The van der Waals surface area contributed by atoms with Crippen molar-refractivity contribution in [1.82, 2.24) is 21.3 Å². The highest BCUT2D eigenvalue weighted by molar-refractivity contribution is 5.92. The summed E-state index contributed by atoms with van der Waals surface area (Å²) in [5.41, 5.74) is -0.118. The molecule has 0 aliphatic rings. The number of hydrogen-bond donors (Lipinski definition) is 4. The molecule has 0 aromatic rings. The van der Waals surface area contributed by atoms with Crippen molar-refractivity contribution in [3.05, 3.63) is 12.2 Å². The van der Waals surface area contributed by atoms with E-state index in [9.17, 15) is 19.2 Å². The fourth-order valence-corrected chi connectivity index (χ4v) is 2.27. The lowest BCUT2D eigenvalue weighted by atomic mass is 10.1. The van der Waals surface area contributed by atoms with Crippen LogP contribution in [0, 0.1) is 0 Å². The first-order valence-corrected chi connectivity index (χ1v) is 9.87. The zero-order chi connectivity index (χ0) is 22.4. The quantitative estimate of drug-likeness (QED) is 0.285. The molecule has 0 aliphatic heterocycles. The molecule has 0 aromatic heterocycles. The fraction of sp³-hybridized carbons (Fsp3) is 0.700. The van der Waals surface area contributed by atoms with Gasteiger partial charge in [0.25, 0.3) is 0 Å². The summed E-state index contributed by atoms with van der Waals surface area (Å²) in [7, 11) is 0. The average molecular weight is 413 g/mol. The fourth-order valence-electron chi connectivity index (χ4n) is 2.27. The Morgan fingerprint density at radius 3 is 2.03 bits per heavy atom. The van der Waals surface area contributed by atoms with Gasteiger partial charge in [0.2, 0.25) is 17.7 Å². The molecule has 4 amide bonds. The Morgan fingerprint density at radius 1 is 0.897 bits per heavy atom. The second kappa shape index (κ2) is 13.6. The molecule has 0 aliphatic carbocycles. The van der Waals surface area contributed by atoms with Gasteiger partial charge in [0, 0.05) is 32.1 Å². The van der Waals surface area contributed by atoms with Crippen LogP contribution in [0.4, 0.5) is 4.79 Å². The first kappa shape index (κ1) is 26.4. The second-order valence-corrected chi connectivity index (χ2v) is 7.86. The summed E-state index contributed by atoms with van der Waals surface area (Å²) < 4.78 is 5.15. The molecule has 0 bridgehead atoms. The topological polar surface area (TPSA) is 126 Å². The van der Waals surface area contributed by atoms with E-state index in [-0.39, 0.29) is 17.7 Å². The first-order chi connectivity index (χ1) is 13.4. The van der Waals surface area contributed by atoms with Gasteiger partial charge in [-0.25, -0.2) is 4.79 Å². The lowest BCUT2D eigenvalue weighted by Crippen LogP contribution is -2.46. The number of amides is 4. The minimum absolute atomic E-state index is 0.215. The molecular weight excluding hydrogens is 376 g/mol. The Bertz CT molecular complexity index is 584. The highest BCUT2D eigenvalue weighted by atomic mass is 16.6. The van der Waals surface area contributed by atoms with E-state index in [1.165, 1.54) is 6.92 Å². The van der Waals surface area contributed by atoms with Gasteiger partial charge in [0.15, 0.2) is 0 Å². The van der Waals surface area contributed by atoms with Gasteiger partial charge < -0.3 is 26.0 Å². The van der Waals surface area contributed by atoms with Crippen molar-refractivity contribution >= 4 is 23.8 Å². The standard InChI is InChI=1S/C20H36N4O5/c1-14(2)17(26)21-12-9-13-22-18(27)16(24-15(3)25)10-7-8-11-23-19(28)29-20(4,5)6/h16H,1,7-13H2,2-6H3,(H,21,26)(H,22,27)(H,23,28)(H,24,25). The van der Waals surface area contributed by atoms with Crippen LogP contribution in [-0.4, -0.2) is 55.1 Å². The van der Waals surface area contributed by atoms with E-state index in [1.807, 2.05) is 0 Å². The third-order valence-electron chi connectivity index (χ3n) is 3.61. The van der Waals surface area contributed by atoms with Crippen LogP contribution in [0.5, 0.6) is 0 Å². The number of rotatable bonds is 12. The van der Waals surface area contributed by atoms with Crippen molar-refractivity contribution in [3.8, 4) is 0 Å². The number of unbranched alkanes of at least 4 members (excludes halogenated alkanes) is 1. The van der Waals surface area contributed by atoms with E-state index < -0.39 is 17.7 Å². The molecule has 29 heavy (non-hydrogen) atoms. The third-order valence-corrected chi connectivity index (χ3v) is 3.61. The van der Waals surface area contributed by atoms with Gasteiger partial charge in [-0.1, -0.05) is 6.58 Å². The van der Waals surface area contributed by atoms with Crippen molar-refractivity contribution in [1.29, 1.82) is 0 Å². The Balaban J connectivity index is 4.16. The zero-order valence-electron chi connectivity index (χ0n) is 18.3. The van der Waals surface area contributed by atoms with Crippen LogP contribution in [0.15, 0.2) is 12.2 Å². The first-order valence-electron chi connectivity index (χ1n) is 9.87. The molecule has 4 N–H and O–H groups in total. The van der Waals surface area contributed by atoms with E-state index in [1.54, 1.807) is 27.7 Å². The summed E-state index contributed by atoms with van der Waals surface area (Å²) in [5.74, 6) is -0.773. The van der Waals surface area contributed by atoms with Crippen LogP contribution < -0.4 is 21.3 Å². The van der Waals surface area contributed by atoms with Crippen LogP contribution in [-0.2, 0) is 19.1 Å². The van der Waals surface area contributed by atoms with Crippen molar-refractivity contribution in [3.63, 3.8) is 0 Å². The molecular formula is C20H36N4O5. The number of carbonyl (C=O) groups excluding carboxylic acids is 4. The molecule has 1 atom stereocenters. The number of ether oxygens (including phenoxy) is 1. The molecule has 9 nitrogen and oxygen atoms in total. The average Bonchev–Trinajstić information content (AvgIpc) is 2.57. The van der Waals surface area contributed by atoms with Crippen LogP contribution in [0.25, 0.3) is 0 Å². The Labute approximate surface area is 173 Å². The van der Waals surface area contributed by atoms with Gasteiger partial charge in [-0.2, -0.15) is 0 Å². The zero-order valence-corrected chi connectivity index (χ0v) is 18.3. The lowest BCUT2D eigenvalue weighted by Gasteiger charge is -2.20. The van der Waals surface area contributed by atoms with Crippen LogP contribution in [0.2, 0.25) is 0 Å². The second-order valence-electron chi connectivity index (χ2n) is 7.86. The summed E-state index contributed by atoms with van der Waals surface area (Å²) in [6.07, 6.45) is 1.83. The summed E-state index contributed by atoms with van der Waals surface area (Å²) in [6, 6.07) is -0.640. The molecule has 0 heterocycles. The predicted molar refractivity (Wildman–Crippen MR) is 111 cm³/mol. The number of hydrogen-bond acceptors (Lipinski definition) is 5. The maximum Gasteiger partial charge on any atom is 0.407 e. The van der Waals surface area contributed by atoms with Crippen molar-refractivity contribution in [2.45, 2.75) is 71.9 Å². The molecule has 0 saturated heterocycles. The minimum Gasteiger partial charge on any atom is -0.444 e. The Hall–Kier alpha value is -2.58. The number of carbonyl (C=O) groups is 4. The largest absolute Gasteiger partial charge is 0.444 e. The third kappa shape index (κ3) is 15.1. The van der Waals surface area contributed by atoms with Gasteiger partial charge in [0.1, 0.15) is 11.6 Å². The highest BCUT2D eigenvalue weighted by Gasteiger charge is 2.19. The van der Waals surface area contributed by atoms with Crippen molar-refractivity contribution in [2.75, 3.05) is 19.6 Å². The molecule has 0 aromatic carbocycles. The van der Waals surface area contributed by atoms with Crippen LogP contribution in [0.1, 0.15) is 60.3 Å². The van der Waals surface area contributed by atoms with Gasteiger partial charge >= 0.3 is 6.09 Å². The molecule has 1 unspecified atom stereocenters. The normalized spacial score (nSPS) is 11.8. The van der Waals surface area contributed by atoms with Crippen LogP contribution >= 0.6 is 0 Å². The molecule has 0 saturated carbocycles. The van der Waals surface area contributed by atoms with E-state index in [2.05, 4.69) is 27.8 Å². The number of alkyl carbamates (subject to hydrolysis) is 1. The van der Waals surface area contributed by atoms with Gasteiger partial charge in [-0.05, 0) is 53.4 Å². The molecule has 0 fully saturated rings. The smallest absolute Gasteiger partial charge is 0.407 e. The van der Waals surface area contributed by atoms with E-state index in [0.717, 1.165) is 0 Å². The molecule has 166 valence electrons. The van der Waals surface area contributed by atoms with Crippen LogP contribution in [0.3, 0.4) is 0 Å². The number of nitrogens with one attached hydrogen (secondary N) is 4. The minimum atomic E-state index is -0.640. The summed E-state index contributed by atoms with van der Waals surface area (Å²) >= 11 is 0. The molecule has 0 radical (unpaired) electrons. The summed E-state index contributed by atoms with van der Waals surface area (Å²) in [5, 5.41) is 10.7. The van der Waals surface area contributed by atoms with Crippen molar-refractivity contribution in [2.24, 2.45) is 0 Å². The highest BCUT2D eigenvalue weighted by Crippen LogP contribution is 2.07. The maximum absolute atomic E-state index is 12.3. The predicted octanol–water partition coefficient (Wildman–Crippen LogP) is 1.38. The summed E-state index contributed by atoms with van der Waals surface area (Å²) in [4.78, 5) is 46.6. The molecule has 9 heteroatoms. The van der Waals surface area contributed by atoms with E-state index in [0.29, 0.717) is 50.9 Å². The molecule has 0 rings (SSSR count). The van der Waals surface area contributed by atoms with Gasteiger partial charge in [-0.3, -0.25) is 14.4 Å². The van der Waals surface area contributed by atoms with E-state index >= 15 is 0 Å². The Kier molecular flexibility index (Phi) is 12.4. The van der Waals surface area contributed by atoms with Gasteiger partial charge in [0.05, 0.1) is 0 Å². The Morgan fingerprint density at radius 2 is 1.48 bits per heavy atom. The maximum atomic E-state index is 12.3. The SMILES string of the molecule is C=C(C)C(=O)NCCCNC(=O)C(CCCCNC(=O)OC(C)(C)C)NC(C)=O. The lowest BCUT2D eigenvalue weighted by molar-refractivity contribution is -0.128. The monoisotopic (exact) mass is 412 g/mol. The summed E-state index contributed by atoms with van der Waals surface area (Å²) in [6.45, 7) is 13.1.